The summed E-state index contributed by atoms with van der Waals surface area (Å²) in [6.45, 7) is 4.07. The summed E-state index contributed by atoms with van der Waals surface area (Å²) in [5, 5.41) is 8.99. The molecule has 2 rings (SSSR count). The molecule has 2 aromatic carbocycles. The molecule has 0 fully saturated rings. The SMILES string of the molecule is C=CCOc1ccccc1OC.COc1ccccc1O. The third kappa shape index (κ3) is 5.48. The number of aromatic hydroxyl groups is 1. The average molecular weight is 288 g/mol. The third-order valence-electron chi connectivity index (χ3n) is 2.51. The Kier molecular flexibility index (Phi) is 7.29. The summed E-state index contributed by atoms with van der Waals surface area (Å²) in [4.78, 5) is 0. The summed E-state index contributed by atoms with van der Waals surface area (Å²) in [6.07, 6.45) is 1.70. The van der Waals surface area contributed by atoms with Gasteiger partial charge in [0.2, 0.25) is 0 Å². The maximum atomic E-state index is 8.99. The first kappa shape index (κ1) is 16.4. The van der Waals surface area contributed by atoms with Crippen molar-refractivity contribution < 1.29 is 19.3 Å². The Hall–Kier alpha value is -2.62. The molecular weight excluding hydrogens is 268 g/mol. The first-order valence-corrected chi connectivity index (χ1v) is 6.41. The Balaban J connectivity index is 0.000000219. The van der Waals surface area contributed by atoms with E-state index in [0.717, 1.165) is 11.5 Å². The summed E-state index contributed by atoms with van der Waals surface area (Å²) >= 11 is 0. The van der Waals surface area contributed by atoms with Crippen LogP contribution < -0.4 is 14.2 Å². The molecule has 0 bridgehead atoms. The van der Waals surface area contributed by atoms with Gasteiger partial charge in [0.15, 0.2) is 23.0 Å². The number of hydrogen-bond donors (Lipinski definition) is 1. The van der Waals surface area contributed by atoms with E-state index < -0.39 is 0 Å². The molecule has 21 heavy (non-hydrogen) atoms. The van der Waals surface area contributed by atoms with E-state index in [1.165, 1.54) is 7.11 Å². The summed E-state index contributed by atoms with van der Waals surface area (Å²) in [6, 6.07) is 14.4. The second kappa shape index (κ2) is 9.31. The minimum Gasteiger partial charge on any atom is -0.504 e. The van der Waals surface area contributed by atoms with Gasteiger partial charge in [-0.1, -0.05) is 36.9 Å². The van der Waals surface area contributed by atoms with Gasteiger partial charge >= 0.3 is 0 Å². The minimum atomic E-state index is 0.181. The number of phenolic OH excluding ortho intramolecular Hbond substituents is 1. The maximum absolute atomic E-state index is 8.99. The number of phenols is 1. The highest BCUT2D eigenvalue weighted by atomic mass is 16.5. The predicted molar refractivity (Wildman–Crippen MR) is 83.3 cm³/mol. The molecule has 0 radical (unpaired) electrons. The van der Waals surface area contributed by atoms with E-state index in [9.17, 15) is 0 Å². The molecule has 1 N–H and O–H groups in total. The van der Waals surface area contributed by atoms with Gasteiger partial charge in [0, 0.05) is 0 Å². The molecule has 0 aromatic heterocycles. The molecule has 0 aliphatic heterocycles. The van der Waals surface area contributed by atoms with Crippen molar-refractivity contribution in [1.82, 2.24) is 0 Å². The molecule has 0 amide bonds. The number of hydrogen-bond acceptors (Lipinski definition) is 4. The van der Waals surface area contributed by atoms with Gasteiger partial charge in [0.05, 0.1) is 14.2 Å². The van der Waals surface area contributed by atoms with Gasteiger partial charge in [-0.15, -0.1) is 0 Å². The van der Waals surface area contributed by atoms with Crippen molar-refractivity contribution in [2.75, 3.05) is 20.8 Å². The Labute approximate surface area is 125 Å². The molecule has 4 nitrogen and oxygen atoms in total. The van der Waals surface area contributed by atoms with Crippen LogP contribution in [0, 0.1) is 0 Å². The maximum Gasteiger partial charge on any atom is 0.161 e. The van der Waals surface area contributed by atoms with Crippen molar-refractivity contribution in [3.05, 3.63) is 61.2 Å². The summed E-state index contributed by atoms with van der Waals surface area (Å²) in [5.41, 5.74) is 0. The third-order valence-corrected chi connectivity index (χ3v) is 2.51. The van der Waals surface area contributed by atoms with Gasteiger partial charge in [0.25, 0.3) is 0 Å². The van der Waals surface area contributed by atoms with Gasteiger partial charge in [-0.25, -0.2) is 0 Å². The first-order valence-electron chi connectivity index (χ1n) is 6.41. The lowest BCUT2D eigenvalue weighted by atomic mass is 10.3. The van der Waals surface area contributed by atoms with Crippen molar-refractivity contribution in [2.45, 2.75) is 0 Å². The summed E-state index contributed by atoms with van der Waals surface area (Å²) < 4.78 is 15.2. The lowest BCUT2D eigenvalue weighted by Gasteiger charge is -2.07. The van der Waals surface area contributed by atoms with Gasteiger partial charge in [-0.05, 0) is 24.3 Å². The number of methoxy groups -OCH3 is 2. The molecule has 112 valence electrons. The van der Waals surface area contributed by atoms with Crippen LogP contribution in [0.4, 0.5) is 0 Å². The second-order valence-electron chi connectivity index (χ2n) is 3.92. The lowest BCUT2D eigenvalue weighted by Crippen LogP contribution is -1.95. The van der Waals surface area contributed by atoms with Gasteiger partial charge in [-0.3, -0.25) is 0 Å². The van der Waals surface area contributed by atoms with Crippen LogP contribution in [0.3, 0.4) is 0 Å². The van der Waals surface area contributed by atoms with E-state index in [0.29, 0.717) is 12.4 Å². The average Bonchev–Trinajstić information content (AvgIpc) is 2.54. The summed E-state index contributed by atoms with van der Waals surface area (Å²) in [7, 11) is 3.14. The van der Waals surface area contributed by atoms with Crippen molar-refractivity contribution in [2.24, 2.45) is 0 Å². The second-order valence-corrected chi connectivity index (χ2v) is 3.92. The smallest absolute Gasteiger partial charge is 0.161 e. The zero-order chi connectivity index (χ0) is 15.5. The molecule has 0 saturated heterocycles. The molecule has 0 heterocycles. The van der Waals surface area contributed by atoms with Crippen LogP contribution in [0.5, 0.6) is 23.0 Å². The van der Waals surface area contributed by atoms with Crippen LogP contribution in [0.15, 0.2) is 61.2 Å². The highest BCUT2D eigenvalue weighted by Crippen LogP contribution is 2.25. The topological polar surface area (TPSA) is 47.9 Å². The van der Waals surface area contributed by atoms with Crippen LogP contribution in [-0.2, 0) is 0 Å². The van der Waals surface area contributed by atoms with Crippen LogP contribution in [-0.4, -0.2) is 25.9 Å². The number of rotatable bonds is 5. The molecular formula is C17H20O4. The van der Waals surface area contributed by atoms with Crippen LogP contribution >= 0.6 is 0 Å². The van der Waals surface area contributed by atoms with Crippen molar-refractivity contribution in [1.29, 1.82) is 0 Å². The first-order chi connectivity index (χ1) is 10.2. The Morgan fingerprint density at radius 3 is 1.90 bits per heavy atom. The molecule has 0 saturated carbocycles. The zero-order valence-corrected chi connectivity index (χ0v) is 12.3. The highest BCUT2D eigenvalue weighted by molar-refractivity contribution is 5.39. The fourth-order valence-electron chi connectivity index (χ4n) is 1.52. The molecule has 0 aliphatic carbocycles. The van der Waals surface area contributed by atoms with Crippen molar-refractivity contribution in [3.63, 3.8) is 0 Å². The van der Waals surface area contributed by atoms with Crippen LogP contribution in [0.25, 0.3) is 0 Å². The van der Waals surface area contributed by atoms with E-state index in [1.807, 2.05) is 24.3 Å². The Morgan fingerprint density at radius 1 is 0.905 bits per heavy atom. The van der Waals surface area contributed by atoms with Gasteiger partial charge in [0.1, 0.15) is 6.61 Å². The largest absolute Gasteiger partial charge is 0.504 e. The molecule has 0 aliphatic rings. The Morgan fingerprint density at radius 2 is 1.43 bits per heavy atom. The van der Waals surface area contributed by atoms with Gasteiger partial charge in [-0.2, -0.15) is 0 Å². The molecule has 4 heteroatoms. The fourth-order valence-corrected chi connectivity index (χ4v) is 1.52. The fraction of sp³-hybridized carbons (Fsp3) is 0.176. The van der Waals surface area contributed by atoms with Gasteiger partial charge < -0.3 is 19.3 Å². The highest BCUT2D eigenvalue weighted by Gasteiger charge is 1.99. The monoisotopic (exact) mass is 288 g/mol. The molecule has 0 spiro atoms. The zero-order valence-electron chi connectivity index (χ0n) is 12.3. The molecule has 0 unspecified atom stereocenters. The van der Waals surface area contributed by atoms with E-state index in [4.69, 9.17) is 19.3 Å². The lowest BCUT2D eigenvalue weighted by molar-refractivity contribution is 0.326. The number of para-hydroxylation sites is 4. The number of ether oxygens (including phenoxy) is 3. The van der Waals surface area contributed by atoms with E-state index >= 15 is 0 Å². The van der Waals surface area contributed by atoms with Crippen molar-refractivity contribution in [3.8, 4) is 23.0 Å². The predicted octanol–water partition coefficient (Wildman–Crippen LogP) is 3.66. The molecule has 0 atom stereocenters. The molecule has 2 aromatic rings. The summed E-state index contributed by atoms with van der Waals surface area (Å²) in [5.74, 6) is 2.19. The van der Waals surface area contributed by atoms with E-state index in [-0.39, 0.29) is 5.75 Å². The van der Waals surface area contributed by atoms with Crippen LogP contribution in [0.1, 0.15) is 0 Å². The normalized spacial score (nSPS) is 9.05. The van der Waals surface area contributed by atoms with Crippen molar-refractivity contribution >= 4 is 0 Å². The van der Waals surface area contributed by atoms with Crippen LogP contribution in [0.2, 0.25) is 0 Å². The van der Waals surface area contributed by atoms with E-state index in [1.54, 1.807) is 37.5 Å². The minimum absolute atomic E-state index is 0.181. The Bertz CT molecular complexity index is 552. The standard InChI is InChI=1S/C10H12O2.C7H8O2/c1-3-8-12-10-7-5-4-6-9(10)11-2;1-9-7-5-3-2-4-6(7)8/h3-7H,1,8H2,2H3;2-5,8H,1H3. The number of benzene rings is 2. The quantitative estimate of drug-likeness (QED) is 0.853. The van der Waals surface area contributed by atoms with E-state index in [2.05, 4.69) is 6.58 Å².